The molecule has 0 bridgehead atoms. The van der Waals surface area contributed by atoms with Crippen LogP contribution in [0.1, 0.15) is 18.2 Å². The summed E-state index contributed by atoms with van der Waals surface area (Å²) in [6, 6.07) is 5.76. The fourth-order valence-electron chi connectivity index (χ4n) is 1.55. The zero-order valence-corrected chi connectivity index (χ0v) is 10.2. The molecule has 1 heterocycles. The molecule has 0 N–H and O–H groups in total. The summed E-state index contributed by atoms with van der Waals surface area (Å²) < 4.78 is 0. The number of fused-ring (bicyclic) bond motifs is 1. The summed E-state index contributed by atoms with van der Waals surface area (Å²) in [5, 5.41) is 2.45. The van der Waals surface area contributed by atoms with Gasteiger partial charge in [0.2, 0.25) is 0 Å². The third-order valence-electron chi connectivity index (χ3n) is 2.45. The minimum absolute atomic E-state index is 0.735. The van der Waals surface area contributed by atoms with E-state index in [0.29, 0.717) is 0 Å². The van der Waals surface area contributed by atoms with Crippen LogP contribution in [0.3, 0.4) is 0 Å². The molecule has 0 atom stereocenters. The first-order chi connectivity index (χ1) is 7.11. The van der Waals surface area contributed by atoms with Gasteiger partial charge in [-0.25, -0.2) is 0 Å². The lowest BCUT2D eigenvalue weighted by Gasteiger charge is -2.06. The van der Waals surface area contributed by atoms with E-state index in [1.807, 2.05) is 25.1 Å². The lowest BCUT2D eigenvalue weighted by Crippen LogP contribution is -1.90. The van der Waals surface area contributed by atoms with Crippen molar-refractivity contribution in [2.75, 3.05) is 0 Å². The van der Waals surface area contributed by atoms with Gasteiger partial charge in [-0.15, -0.1) is 0 Å². The summed E-state index contributed by atoms with van der Waals surface area (Å²) in [7, 11) is 0. The molecule has 3 heteroatoms. The summed E-state index contributed by atoms with van der Waals surface area (Å²) in [6.07, 6.45) is 0.876. The summed E-state index contributed by atoms with van der Waals surface area (Å²) >= 11 is 12.2. The molecule has 0 amide bonds. The molecule has 0 radical (unpaired) electrons. The van der Waals surface area contributed by atoms with Crippen LogP contribution in [0, 0.1) is 6.92 Å². The van der Waals surface area contributed by atoms with Crippen molar-refractivity contribution < 1.29 is 0 Å². The molecule has 2 aromatic rings. The number of hydrogen-bond donors (Lipinski definition) is 0. The average molecular weight is 240 g/mol. The van der Waals surface area contributed by atoms with Crippen molar-refractivity contribution in [3.63, 3.8) is 0 Å². The van der Waals surface area contributed by atoms with E-state index in [-0.39, 0.29) is 0 Å². The van der Waals surface area contributed by atoms with E-state index in [9.17, 15) is 0 Å². The van der Waals surface area contributed by atoms with Crippen LogP contribution in [0.15, 0.2) is 18.2 Å². The molecule has 78 valence electrons. The van der Waals surface area contributed by atoms with Crippen LogP contribution < -0.4 is 0 Å². The van der Waals surface area contributed by atoms with Crippen LogP contribution in [0.4, 0.5) is 0 Å². The lowest BCUT2D eigenvalue weighted by molar-refractivity contribution is 1.06. The standard InChI is InChI=1S/C12H11Cl2N/c1-3-8-5-11(14)9-4-7(2)10(13)6-12(9)15-8/h4-6H,3H2,1-2H3. The van der Waals surface area contributed by atoms with Gasteiger partial charge < -0.3 is 0 Å². The largest absolute Gasteiger partial charge is 0.253 e. The van der Waals surface area contributed by atoms with E-state index < -0.39 is 0 Å². The molecule has 0 saturated heterocycles. The van der Waals surface area contributed by atoms with Crippen molar-refractivity contribution in [2.24, 2.45) is 0 Å². The fraction of sp³-hybridized carbons (Fsp3) is 0.250. The van der Waals surface area contributed by atoms with E-state index in [1.165, 1.54) is 0 Å². The van der Waals surface area contributed by atoms with Gasteiger partial charge in [-0.05, 0) is 37.1 Å². The third-order valence-corrected chi connectivity index (χ3v) is 3.17. The molecular weight excluding hydrogens is 229 g/mol. The van der Waals surface area contributed by atoms with Crippen LogP contribution >= 0.6 is 23.2 Å². The second kappa shape index (κ2) is 3.99. The van der Waals surface area contributed by atoms with Gasteiger partial charge in [-0.3, -0.25) is 4.98 Å². The third kappa shape index (κ3) is 1.95. The summed E-state index contributed by atoms with van der Waals surface area (Å²) in [5.74, 6) is 0. The van der Waals surface area contributed by atoms with Gasteiger partial charge >= 0.3 is 0 Å². The SMILES string of the molecule is CCc1cc(Cl)c2cc(C)c(Cl)cc2n1. The molecule has 0 aliphatic heterocycles. The predicted octanol–water partition coefficient (Wildman–Crippen LogP) is 4.41. The molecule has 1 nitrogen and oxygen atoms in total. The van der Waals surface area contributed by atoms with Gasteiger partial charge in [0, 0.05) is 16.1 Å². The van der Waals surface area contributed by atoms with Crippen LogP contribution in [0.25, 0.3) is 10.9 Å². The van der Waals surface area contributed by atoms with E-state index in [2.05, 4.69) is 11.9 Å². The highest BCUT2D eigenvalue weighted by molar-refractivity contribution is 6.36. The summed E-state index contributed by atoms with van der Waals surface area (Å²) in [5.41, 5.74) is 2.89. The quantitative estimate of drug-likeness (QED) is 0.719. The van der Waals surface area contributed by atoms with Crippen molar-refractivity contribution in [1.82, 2.24) is 4.98 Å². The van der Waals surface area contributed by atoms with Gasteiger partial charge in [0.05, 0.1) is 10.5 Å². The highest BCUT2D eigenvalue weighted by atomic mass is 35.5. The van der Waals surface area contributed by atoms with Crippen molar-refractivity contribution >= 4 is 34.1 Å². The Hall–Kier alpha value is -0.790. The van der Waals surface area contributed by atoms with Crippen LogP contribution in [-0.2, 0) is 6.42 Å². The highest BCUT2D eigenvalue weighted by Crippen LogP contribution is 2.28. The Kier molecular flexibility index (Phi) is 2.85. The van der Waals surface area contributed by atoms with Gasteiger partial charge in [0.25, 0.3) is 0 Å². The number of aromatic nitrogens is 1. The van der Waals surface area contributed by atoms with E-state index in [4.69, 9.17) is 23.2 Å². The highest BCUT2D eigenvalue weighted by Gasteiger charge is 2.05. The number of aryl methyl sites for hydroxylation is 2. The van der Waals surface area contributed by atoms with E-state index >= 15 is 0 Å². The lowest BCUT2D eigenvalue weighted by atomic mass is 10.1. The molecular formula is C12H11Cl2N. The van der Waals surface area contributed by atoms with Crippen LogP contribution in [-0.4, -0.2) is 4.98 Å². The van der Waals surface area contributed by atoms with Crippen molar-refractivity contribution in [3.05, 3.63) is 39.5 Å². The smallest absolute Gasteiger partial charge is 0.0735 e. The Morgan fingerprint density at radius 3 is 2.53 bits per heavy atom. The number of pyridine rings is 1. The molecule has 2 rings (SSSR count). The van der Waals surface area contributed by atoms with Gasteiger partial charge in [0.1, 0.15) is 0 Å². The molecule has 0 saturated carbocycles. The van der Waals surface area contributed by atoms with Crippen molar-refractivity contribution in [2.45, 2.75) is 20.3 Å². The number of hydrogen-bond acceptors (Lipinski definition) is 1. The molecule has 1 aromatic carbocycles. The Morgan fingerprint density at radius 2 is 1.87 bits per heavy atom. The van der Waals surface area contributed by atoms with Gasteiger partial charge in [0.15, 0.2) is 0 Å². The molecule has 0 aliphatic rings. The maximum absolute atomic E-state index is 6.18. The number of nitrogens with zero attached hydrogens (tertiary/aromatic N) is 1. The summed E-state index contributed by atoms with van der Waals surface area (Å²) in [6.45, 7) is 4.02. The van der Waals surface area contributed by atoms with Gasteiger partial charge in [-0.1, -0.05) is 30.1 Å². The first-order valence-corrected chi connectivity index (χ1v) is 5.62. The maximum atomic E-state index is 6.18. The minimum atomic E-state index is 0.735. The molecule has 0 unspecified atom stereocenters. The van der Waals surface area contributed by atoms with Crippen molar-refractivity contribution in [1.29, 1.82) is 0 Å². The van der Waals surface area contributed by atoms with E-state index in [1.54, 1.807) is 0 Å². The first kappa shape index (κ1) is 10.7. The molecule has 15 heavy (non-hydrogen) atoms. The second-order valence-corrected chi connectivity index (χ2v) is 4.38. The maximum Gasteiger partial charge on any atom is 0.0735 e. The Balaban J connectivity index is 2.80. The first-order valence-electron chi connectivity index (χ1n) is 4.87. The topological polar surface area (TPSA) is 12.9 Å². The van der Waals surface area contributed by atoms with Crippen LogP contribution in [0.2, 0.25) is 10.0 Å². The zero-order chi connectivity index (χ0) is 11.0. The second-order valence-electron chi connectivity index (χ2n) is 3.57. The van der Waals surface area contributed by atoms with Gasteiger partial charge in [-0.2, -0.15) is 0 Å². The fourth-order valence-corrected chi connectivity index (χ4v) is 1.98. The normalized spacial score (nSPS) is 10.9. The Morgan fingerprint density at radius 1 is 1.13 bits per heavy atom. The van der Waals surface area contributed by atoms with Crippen molar-refractivity contribution in [3.8, 4) is 0 Å². The Labute approximate surface area is 99.0 Å². The predicted molar refractivity (Wildman–Crippen MR) is 65.9 cm³/mol. The van der Waals surface area contributed by atoms with E-state index in [0.717, 1.165) is 38.6 Å². The van der Waals surface area contributed by atoms with Crippen LogP contribution in [0.5, 0.6) is 0 Å². The molecule has 1 aromatic heterocycles. The number of rotatable bonds is 1. The number of benzene rings is 1. The molecule has 0 fully saturated rings. The Bertz CT molecular complexity index is 521. The minimum Gasteiger partial charge on any atom is -0.253 e. The average Bonchev–Trinajstić information content (AvgIpc) is 2.21. The monoisotopic (exact) mass is 239 g/mol. The molecule has 0 aliphatic carbocycles. The summed E-state index contributed by atoms with van der Waals surface area (Å²) in [4.78, 5) is 4.49. The molecule has 0 spiro atoms. The zero-order valence-electron chi connectivity index (χ0n) is 8.64. The number of halogens is 2.